The first-order valence-electron chi connectivity index (χ1n) is 7.98. The second kappa shape index (κ2) is 9.23. The average molecular weight is 305 g/mol. The molecular formula is C18H27NO3. The Kier molecular flexibility index (Phi) is 7.64. The molecule has 0 spiro atoms. The minimum atomic E-state index is -0.874. The molecule has 0 aliphatic carbocycles. The van der Waals surface area contributed by atoms with Crippen molar-refractivity contribution in [3.63, 3.8) is 0 Å². The molecular weight excluding hydrogens is 278 g/mol. The van der Waals surface area contributed by atoms with Gasteiger partial charge < -0.3 is 10.0 Å². The highest BCUT2D eigenvalue weighted by molar-refractivity contribution is 5.76. The number of rotatable bonds is 9. The molecule has 1 aromatic rings. The minimum absolute atomic E-state index is 0.000679. The maximum Gasteiger partial charge on any atom is 0.305 e. The van der Waals surface area contributed by atoms with Crippen LogP contribution in [0.15, 0.2) is 24.3 Å². The van der Waals surface area contributed by atoms with Crippen molar-refractivity contribution in [2.75, 3.05) is 13.6 Å². The number of carbonyl (C=O) groups is 2. The molecule has 0 aliphatic rings. The van der Waals surface area contributed by atoms with Crippen LogP contribution in [0.4, 0.5) is 0 Å². The van der Waals surface area contributed by atoms with Crippen LogP contribution in [0.25, 0.3) is 0 Å². The third-order valence-corrected chi connectivity index (χ3v) is 4.10. The Hall–Kier alpha value is -1.84. The Balaban J connectivity index is 2.34. The predicted octanol–water partition coefficient (Wildman–Crippen LogP) is 3.46. The van der Waals surface area contributed by atoms with Gasteiger partial charge in [-0.2, -0.15) is 0 Å². The van der Waals surface area contributed by atoms with E-state index in [1.165, 1.54) is 16.0 Å². The fourth-order valence-corrected chi connectivity index (χ4v) is 2.27. The Morgan fingerprint density at radius 1 is 1.18 bits per heavy atom. The molecule has 0 heterocycles. The standard InChI is InChI=1S/C18H27NO3/c1-4-14(2)16-10-8-15(9-11-16)6-5-7-17(20)19(3)13-12-18(21)22/h8-11,14H,4-7,12-13H2,1-3H3,(H,21,22). The van der Waals surface area contributed by atoms with E-state index in [0.29, 0.717) is 12.3 Å². The first-order chi connectivity index (χ1) is 10.4. The summed E-state index contributed by atoms with van der Waals surface area (Å²) in [5, 5.41) is 8.61. The molecule has 1 unspecified atom stereocenters. The van der Waals surface area contributed by atoms with E-state index in [2.05, 4.69) is 38.1 Å². The van der Waals surface area contributed by atoms with Crippen molar-refractivity contribution < 1.29 is 14.7 Å². The molecule has 0 radical (unpaired) electrons. The number of hydrogen-bond acceptors (Lipinski definition) is 2. The van der Waals surface area contributed by atoms with Gasteiger partial charge in [0.05, 0.1) is 6.42 Å². The van der Waals surface area contributed by atoms with Gasteiger partial charge in [0.15, 0.2) is 0 Å². The van der Waals surface area contributed by atoms with E-state index in [4.69, 9.17) is 5.11 Å². The second-order valence-corrected chi connectivity index (χ2v) is 5.86. The van der Waals surface area contributed by atoms with E-state index in [0.717, 1.165) is 19.3 Å². The summed E-state index contributed by atoms with van der Waals surface area (Å²) in [6.45, 7) is 4.68. The van der Waals surface area contributed by atoms with Crippen molar-refractivity contribution in [1.82, 2.24) is 4.90 Å². The third kappa shape index (κ3) is 6.29. The molecule has 4 heteroatoms. The number of aryl methyl sites for hydroxylation is 1. The molecule has 1 atom stereocenters. The summed E-state index contributed by atoms with van der Waals surface area (Å²) >= 11 is 0. The zero-order chi connectivity index (χ0) is 16.5. The van der Waals surface area contributed by atoms with Gasteiger partial charge in [0.2, 0.25) is 5.91 Å². The van der Waals surface area contributed by atoms with Crippen LogP contribution in [-0.2, 0) is 16.0 Å². The Morgan fingerprint density at radius 2 is 1.82 bits per heavy atom. The maximum absolute atomic E-state index is 11.9. The van der Waals surface area contributed by atoms with E-state index in [-0.39, 0.29) is 18.9 Å². The van der Waals surface area contributed by atoms with Gasteiger partial charge in [0.25, 0.3) is 0 Å². The molecule has 1 rings (SSSR count). The van der Waals surface area contributed by atoms with Crippen molar-refractivity contribution in [1.29, 1.82) is 0 Å². The highest BCUT2D eigenvalue weighted by Crippen LogP contribution is 2.19. The van der Waals surface area contributed by atoms with Crippen LogP contribution in [0, 0.1) is 0 Å². The summed E-state index contributed by atoms with van der Waals surface area (Å²) in [6, 6.07) is 8.62. The van der Waals surface area contributed by atoms with Crippen LogP contribution in [0.3, 0.4) is 0 Å². The fourth-order valence-electron chi connectivity index (χ4n) is 2.27. The van der Waals surface area contributed by atoms with Crippen molar-refractivity contribution in [3.8, 4) is 0 Å². The second-order valence-electron chi connectivity index (χ2n) is 5.86. The number of amides is 1. The van der Waals surface area contributed by atoms with Crippen molar-refractivity contribution in [2.45, 2.75) is 51.9 Å². The topological polar surface area (TPSA) is 57.6 Å². The molecule has 0 saturated heterocycles. The molecule has 22 heavy (non-hydrogen) atoms. The van der Waals surface area contributed by atoms with Gasteiger partial charge in [-0.05, 0) is 36.3 Å². The summed E-state index contributed by atoms with van der Waals surface area (Å²) < 4.78 is 0. The van der Waals surface area contributed by atoms with Gasteiger partial charge in [-0.25, -0.2) is 0 Å². The van der Waals surface area contributed by atoms with Gasteiger partial charge in [-0.3, -0.25) is 9.59 Å². The van der Waals surface area contributed by atoms with Crippen LogP contribution >= 0.6 is 0 Å². The molecule has 4 nitrogen and oxygen atoms in total. The number of aliphatic carboxylic acids is 1. The van der Waals surface area contributed by atoms with Gasteiger partial charge in [-0.15, -0.1) is 0 Å². The molecule has 122 valence electrons. The molecule has 0 saturated carbocycles. The highest BCUT2D eigenvalue weighted by atomic mass is 16.4. The number of carbonyl (C=O) groups excluding carboxylic acids is 1. The lowest BCUT2D eigenvalue weighted by Crippen LogP contribution is -2.28. The van der Waals surface area contributed by atoms with Crippen LogP contribution in [-0.4, -0.2) is 35.5 Å². The minimum Gasteiger partial charge on any atom is -0.481 e. The van der Waals surface area contributed by atoms with Crippen LogP contribution < -0.4 is 0 Å². The Bertz CT molecular complexity index is 482. The summed E-state index contributed by atoms with van der Waals surface area (Å²) in [5.74, 6) is -0.281. The zero-order valence-electron chi connectivity index (χ0n) is 13.8. The van der Waals surface area contributed by atoms with E-state index >= 15 is 0 Å². The number of benzene rings is 1. The molecule has 0 fully saturated rings. The summed E-state index contributed by atoms with van der Waals surface area (Å²) in [6.07, 6.45) is 3.26. The lowest BCUT2D eigenvalue weighted by molar-refractivity contribution is -0.138. The van der Waals surface area contributed by atoms with E-state index in [1.807, 2.05) is 0 Å². The maximum atomic E-state index is 11.9. The van der Waals surface area contributed by atoms with Crippen molar-refractivity contribution >= 4 is 11.9 Å². The first kappa shape index (κ1) is 18.2. The third-order valence-electron chi connectivity index (χ3n) is 4.10. The molecule has 1 aromatic carbocycles. The van der Waals surface area contributed by atoms with Gasteiger partial charge >= 0.3 is 5.97 Å². The predicted molar refractivity (Wildman–Crippen MR) is 88.0 cm³/mol. The van der Waals surface area contributed by atoms with Crippen LogP contribution in [0.1, 0.15) is 56.6 Å². The van der Waals surface area contributed by atoms with Crippen LogP contribution in [0.5, 0.6) is 0 Å². The molecule has 1 N–H and O–H groups in total. The SMILES string of the molecule is CCC(C)c1ccc(CCCC(=O)N(C)CCC(=O)O)cc1. The van der Waals surface area contributed by atoms with Crippen molar-refractivity contribution in [3.05, 3.63) is 35.4 Å². The molecule has 0 bridgehead atoms. The Morgan fingerprint density at radius 3 is 2.36 bits per heavy atom. The number of carboxylic acids is 1. The highest BCUT2D eigenvalue weighted by Gasteiger charge is 2.10. The van der Waals surface area contributed by atoms with Gasteiger partial charge in [0.1, 0.15) is 0 Å². The quantitative estimate of drug-likeness (QED) is 0.760. The largest absolute Gasteiger partial charge is 0.481 e. The van der Waals surface area contributed by atoms with E-state index < -0.39 is 5.97 Å². The lowest BCUT2D eigenvalue weighted by Gasteiger charge is -2.16. The van der Waals surface area contributed by atoms with Crippen LogP contribution in [0.2, 0.25) is 0 Å². The first-order valence-corrected chi connectivity index (χ1v) is 7.98. The number of nitrogens with zero attached hydrogens (tertiary/aromatic N) is 1. The molecule has 0 aromatic heterocycles. The lowest BCUT2D eigenvalue weighted by atomic mass is 9.96. The Labute approximate surface area is 133 Å². The smallest absolute Gasteiger partial charge is 0.305 e. The van der Waals surface area contributed by atoms with Gasteiger partial charge in [-0.1, -0.05) is 38.1 Å². The average Bonchev–Trinajstić information content (AvgIpc) is 2.52. The van der Waals surface area contributed by atoms with Gasteiger partial charge in [0, 0.05) is 20.0 Å². The fraction of sp³-hybridized carbons (Fsp3) is 0.556. The monoisotopic (exact) mass is 305 g/mol. The molecule has 0 aliphatic heterocycles. The molecule has 1 amide bonds. The number of carboxylic acid groups (broad SMARTS) is 1. The van der Waals surface area contributed by atoms with Crippen molar-refractivity contribution in [2.24, 2.45) is 0 Å². The summed E-state index contributed by atoms with van der Waals surface area (Å²) in [5.41, 5.74) is 2.60. The number of hydrogen-bond donors (Lipinski definition) is 1. The summed E-state index contributed by atoms with van der Waals surface area (Å²) in [4.78, 5) is 23.8. The van der Waals surface area contributed by atoms with E-state index in [1.54, 1.807) is 7.05 Å². The normalized spacial score (nSPS) is 12.0. The summed E-state index contributed by atoms with van der Waals surface area (Å²) in [7, 11) is 1.66. The van der Waals surface area contributed by atoms with E-state index in [9.17, 15) is 9.59 Å². The zero-order valence-corrected chi connectivity index (χ0v) is 13.8.